The molecule has 3 rings (SSSR count). The van der Waals surface area contributed by atoms with E-state index in [4.69, 9.17) is 14.6 Å². The third kappa shape index (κ3) is 3.68. The fourth-order valence-electron chi connectivity index (χ4n) is 3.03. The van der Waals surface area contributed by atoms with Crippen molar-refractivity contribution in [2.45, 2.75) is 33.8 Å². The molecule has 2 aromatic rings. The molecule has 4 nitrogen and oxygen atoms in total. The molecule has 0 radical (unpaired) electrons. The normalized spacial score (nSPS) is 15.7. The summed E-state index contributed by atoms with van der Waals surface area (Å²) in [6.45, 7) is 6.87. The predicted molar refractivity (Wildman–Crippen MR) is 102 cm³/mol. The van der Waals surface area contributed by atoms with E-state index in [1.54, 1.807) is 11.8 Å². The molecule has 1 aliphatic rings. The van der Waals surface area contributed by atoms with Crippen molar-refractivity contribution in [3.8, 4) is 5.75 Å². The third-order valence-electron chi connectivity index (χ3n) is 4.47. The van der Waals surface area contributed by atoms with Crippen LogP contribution in [0.3, 0.4) is 0 Å². The van der Waals surface area contributed by atoms with E-state index >= 15 is 0 Å². The Morgan fingerprint density at radius 1 is 1.12 bits per heavy atom. The zero-order valence-electron chi connectivity index (χ0n) is 15.2. The molecule has 0 saturated heterocycles. The molecular weight excluding hydrogens is 312 g/mol. The van der Waals surface area contributed by atoms with Crippen LogP contribution in [0.5, 0.6) is 5.75 Å². The molecule has 1 aromatic heterocycles. The van der Waals surface area contributed by atoms with Gasteiger partial charge in [0.05, 0.1) is 18.5 Å². The van der Waals surface area contributed by atoms with E-state index in [0.717, 1.165) is 34.8 Å². The van der Waals surface area contributed by atoms with Crippen LogP contribution < -0.4 is 9.57 Å². The van der Waals surface area contributed by atoms with Crippen LogP contribution in [0.4, 0.5) is 0 Å². The van der Waals surface area contributed by atoms with Crippen LogP contribution in [0.25, 0.3) is 6.08 Å². The van der Waals surface area contributed by atoms with Gasteiger partial charge in [-0.3, -0.25) is 4.99 Å². The molecule has 0 atom stereocenters. The number of aromatic nitrogens is 1. The van der Waals surface area contributed by atoms with Gasteiger partial charge in [-0.05, 0) is 67.3 Å². The number of hydrogen-bond donors (Lipinski definition) is 0. The van der Waals surface area contributed by atoms with Crippen molar-refractivity contribution >= 4 is 11.8 Å². The monoisotopic (exact) mass is 336 g/mol. The van der Waals surface area contributed by atoms with Crippen LogP contribution in [-0.2, 0) is 6.61 Å². The Hall–Kier alpha value is -2.75. The molecule has 130 valence electrons. The Balaban J connectivity index is 1.75. The highest BCUT2D eigenvalue weighted by atomic mass is 16.7. The molecule has 1 aromatic carbocycles. The molecule has 0 N–H and O–H groups in total. The zero-order valence-corrected chi connectivity index (χ0v) is 15.2. The van der Waals surface area contributed by atoms with E-state index in [2.05, 4.69) is 26.8 Å². The maximum absolute atomic E-state index is 5.93. The van der Waals surface area contributed by atoms with E-state index < -0.39 is 0 Å². The molecular formula is C21H24N2O2. The lowest BCUT2D eigenvalue weighted by molar-refractivity contribution is 0.0967. The summed E-state index contributed by atoms with van der Waals surface area (Å²) in [5.74, 6) is 0.846. The summed E-state index contributed by atoms with van der Waals surface area (Å²) in [5, 5.41) is 0. The van der Waals surface area contributed by atoms with Gasteiger partial charge in [0.25, 0.3) is 0 Å². The molecule has 2 heterocycles. The molecule has 0 fully saturated rings. The third-order valence-corrected chi connectivity index (χ3v) is 4.47. The average Bonchev–Trinajstić information content (AvgIpc) is 3.17. The Morgan fingerprint density at radius 3 is 2.52 bits per heavy atom. The number of methoxy groups -OCH3 is 1. The fourth-order valence-corrected chi connectivity index (χ4v) is 3.03. The van der Waals surface area contributed by atoms with Gasteiger partial charge in [-0.15, -0.1) is 0 Å². The summed E-state index contributed by atoms with van der Waals surface area (Å²) in [4.78, 5) is 10.6. The van der Waals surface area contributed by atoms with E-state index in [9.17, 15) is 0 Å². The van der Waals surface area contributed by atoms with Gasteiger partial charge >= 0.3 is 0 Å². The second-order valence-electron chi connectivity index (χ2n) is 6.06. The van der Waals surface area contributed by atoms with Crippen LogP contribution in [0.1, 0.15) is 38.4 Å². The zero-order chi connectivity index (χ0) is 17.8. The SMILES string of the molecule is CCC1=C(C)/C(=C\c2cccn2OCc2ccc(OC)cc2)N=C1C. The van der Waals surface area contributed by atoms with Crippen molar-refractivity contribution in [2.24, 2.45) is 4.99 Å². The number of benzene rings is 1. The minimum absolute atomic E-state index is 0.492. The maximum Gasteiger partial charge on any atom is 0.140 e. The van der Waals surface area contributed by atoms with E-state index in [-0.39, 0.29) is 0 Å². The Labute approximate surface area is 149 Å². The quantitative estimate of drug-likeness (QED) is 0.768. The lowest BCUT2D eigenvalue weighted by Gasteiger charge is -2.10. The van der Waals surface area contributed by atoms with Crippen molar-refractivity contribution in [3.05, 3.63) is 70.7 Å². The predicted octanol–water partition coefficient (Wildman–Crippen LogP) is 4.67. The summed E-state index contributed by atoms with van der Waals surface area (Å²) in [6, 6.07) is 11.9. The van der Waals surface area contributed by atoms with Crippen molar-refractivity contribution < 1.29 is 9.57 Å². The number of aliphatic imine (C=N–C) groups is 1. The first-order valence-electron chi connectivity index (χ1n) is 8.53. The first-order valence-corrected chi connectivity index (χ1v) is 8.53. The average molecular weight is 336 g/mol. The summed E-state index contributed by atoms with van der Waals surface area (Å²) in [6.07, 6.45) is 5.00. The van der Waals surface area contributed by atoms with Crippen LogP contribution in [0, 0.1) is 0 Å². The van der Waals surface area contributed by atoms with Gasteiger partial charge in [0.2, 0.25) is 0 Å². The Kier molecular flexibility index (Phi) is 5.08. The summed E-state index contributed by atoms with van der Waals surface area (Å²) in [7, 11) is 1.67. The summed E-state index contributed by atoms with van der Waals surface area (Å²) >= 11 is 0. The number of hydrogen-bond acceptors (Lipinski definition) is 3. The lowest BCUT2D eigenvalue weighted by Crippen LogP contribution is -2.11. The van der Waals surface area contributed by atoms with Crippen molar-refractivity contribution in [1.29, 1.82) is 0 Å². The number of ether oxygens (including phenoxy) is 1. The highest BCUT2D eigenvalue weighted by molar-refractivity contribution is 6.03. The Morgan fingerprint density at radius 2 is 1.88 bits per heavy atom. The van der Waals surface area contributed by atoms with Gasteiger partial charge in [0, 0.05) is 11.9 Å². The largest absolute Gasteiger partial charge is 0.497 e. The van der Waals surface area contributed by atoms with Crippen molar-refractivity contribution in [3.63, 3.8) is 0 Å². The van der Waals surface area contributed by atoms with Crippen LogP contribution in [0.2, 0.25) is 0 Å². The lowest BCUT2D eigenvalue weighted by atomic mass is 10.0. The second-order valence-corrected chi connectivity index (χ2v) is 6.06. The van der Waals surface area contributed by atoms with E-state index in [1.807, 2.05) is 42.6 Å². The van der Waals surface area contributed by atoms with Crippen LogP contribution >= 0.6 is 0 Å². The number of rotatable bonds is 6. The number of nitrogens with zero attached hydrogens (tertiary/aromatic N) is 2. The molecule has 1 aliphatic heterocycles. The standard InChI is InChI=1S/C21H24N2O2/c1-5-20-15(2)21(22-16(20)3)13-18-7-6-12-23(18)25-14-17-8-10-19(24-4)11-9-17/h6-13H,5,14H2,1-4H3/b21-13+. The van der Waals surface area contributed by atoms with Gasteiger partial charge in [-0.1, -0.05) is 19.1 Å². The molecule has 0 unspecified atom stereocenters. The molecule has 0 amide bonds. The van der Waals surface area contributed by atoms with Gasteiger partial charge in [-0.2, -0.15) is 4.73 Å². The fraction of sp³-hybridized carbons (Fsp3) is 0.286. The minimum atomic E-state index is 0.492. The molecule has 0 saturated carbocycles. The Bertz CT molecular complexity index is 839. The first-order chi connectivity index (χ1) is 12.1. The highest BCUT2D eigenvalue weighted by Gasteiger charge is 2.16. The minimum Gasteiger partial charge on any atom is -0.497 e. The van der Waals surface area contributed by atoms with E-state index in [0.29, 0.717) is 6.61 Å². The molecule has 0 bridgehead atoms. The number of allylic oxidation sites excluding steroid dienone is 2. The molecule has 0 aliphatic carbocycles. The first kappa shape index (κ1) is 17.1. The summed E-state index contributed by atoms with van der Waals surface area (Å²) < 4.78 is 6.97. The van der Waals surface area contributed by atoms with Crippen molar-refractivity contribution in [1.82, 2.24) is 4.73 Å². The molecule has 4 heteroatoms. The topological polar surface area (TPSA) is 35.8 Å². The van der Waals surface area contributed by atoms with E-state index in [1.165, 1.54) is 11.1 Å². The highest BCUT2D eigenvalue weighted by Crippen LogP contribution is 2.28. The maximum atomic E-state index is 5.93. The second kappa shape index (κ2) is 7.43. The van der Waals surface area contributed by atoms with Gasteiger partial charge < -0.3 is 9.57 Å². The van der Waals surface area contributed by atoms with Crippen LogP contribution in [0.15, 0.2) is 64.4 Å². The molecule has 0 spiro atoms. The summed E-state index contributed by atoms with van der Waals surface area (Å²) in [5.41, 5.74) is 6.79. The van der Waals surface area contributed by atoms with Gasteiger partial charge in [-0.25, -0.2) is 0 Å². The molecule has 25 heavy (non-hydrogen) atoms. The van der Waals surface area contributed by atoms with Crippen molar-refractivity contribution in [2.75, 3.05) is 7.11 Å². The van der Waals surface area contributed by atoms with Gasteiger partial charge in [0.15, 0.2) is 0 Å². The smallest absolute Gasteiger partial charge is 0.140 e. The van der Waals surface area contributed by atoms with Gasteiger partial charge in [0.1, 0.15) is 12.4 Å². The van der Waals surface area contributed by atoms with Crippen LogP contribution in [-0.4, -0.2) is 17.6 Å².